The molecule has 5 unspecified atom stereocenters. The van der Waals surface area contributed by atoms with Crippen LogP contribution in [0.4, 0.5) is 0 Å². The van der Waals surface area contributed by atoms with Gasteiger partial charge in [-0.3, -0.25) is 10.2 Å². The van der Waals surface area contributed by atoms with Crippen molar-refractivity contribution >= 4 is 29.9 Å². The van der Waals surface area contributed by atoms with E-state index in [2.05, 4.69) is 33.4 Å². The zero-order chi connectivity index (χ0) is 18.8. The van der Waals surface area contributed by atoms with Crippen LogP contribution >= 0.6 is 24.0 Å². The molecule has 0 saturated carbocycles. The van der Waals surface area contributed by atoms with Gasteiger partial charge in [0, 0.05) is 36.6 Å². The molecule has 3 heterocycles. The number of nitrogens with one attached hydrogen (secondary N) is 4. The van der Waals surface area contributed by atoms with Crippen molar-refractivity contribution in [3.8, 4) is 0 Å². The lowest BCUT2D eigenvalue weighted by Crippen LogP contribution is -2.53. The minimum atomic E-state index is -0.251. The summed E-state index contributed by atoms with van der Waals surface area (Å²) in [5, 5.41) is 7.33. The summed E-state index contributed by atoms with van der Waals surface area (Å²) in [5.74, 6) is 0.259. The first-order valence-electron chi connectivity index (χ1n) is 9.69. The van der Waals surface area contributed by atoms with Gasteiger partial charge in [-0.05, 0) is 37.7 Å². The zero-order valence-corrected chi connectivity index (χ0v) is 17.6. The van der Waals surface area contributed by atoms with Gasteiger partial charge in [0.05, 0.1) is 18.8 Å². The summed E-state index contributed by atoms with van der Waals surface area (Å²) in [7, 11) is 2.08. The fourth-order valence-electron chi connectivity index (χ4n) is 4.29. The van der Waals surface area contributed by atoms with Crippen molar-refractivity contribution in [1.82, 2.24) is 26.4 Å². The maximum Gasteiger partial charge on any atom is 0.239 e. The highest BCUT2D eigenvalue weighted by Crippen LogP contribution is 2.26. The molecule has 4 N–H and O–H groups in total. The molecule has 0 radical (unpaired) electrons. The van der Waals surface area contributed by atoms with Gasteiger partial charge in [0.15, 0.2) is 0 Å². The summed E-state index contributed by atoms with van der Waals surface area (Å²) in [6.45, 7) is 4.18. The van der Waals surface area contributed by atoms with Crippen LogP contribution in [0, 0.1) is 5.92 Å². The Balaban J connectivity index is 0.00000225. The number of carbonyl (C=O) groups excluding carboxylic acids is 1. The van der Waals surface area contributed by atoms with Gasteiger partial charge in [0.25, 0.3) is 0 Å². The zero-order valence-electron chi connectivity index (χ0n) is 16.0. The fourth-order valence-corrected chi connectivity index (χ4v) is 4.42. The summed E-state index contributed by atoms with van der Waals surface area (Å²) in [6, 6.07) is 7.53. The molecule has 4 rings (SSSR count). The largest absolute Gasteiger partial charge is 0.373 e. The number of benzene rings is 1. The third kappa shape index (κ3) is 4.79. The number of morpholine rings is 1. The van der Waals surface area contributed by atoms with E-state index < -0.39 is 0 Å². The van der Waals surface area contributed by atoms with Gasteiger partial charge in [-0.15, -0.1) is 12.4 Å². The van der Waals surface area contributed by atoms with E-state index in [-0.39, 0.29) is 42.4 Å². The molecule has 3 fully saturated rings. The number of hydrazine groups is 1. The molecular weight excluding hydrogens is 401 g/mol. The molecular formula is C19H29Cl2N5O2. The van der Waals surface area contributed by atoms with Crippen LogP contribution in [-0.4, -0.2) is 68.8 Å². The molecule has 5 atom stereocenters. The van der Waals surface area contributed by atoms with E-state index in [1.807, 2.05) is 24.3 Å². The number of likely N-dealkylation sites (N-methyl/N-ethyl adjacent to an activating group) is 1. The summed E-state index contributed by atoms with van der Waals surface area (Å²) in [6.07, 6.45) is 0.932. The van der Waals surface area contributed by atoms with E-state index in [1.165, 1.54) is 0 Å². The lowest BCUT2D eigenvalue weighted by molar-refractivity contribution is -0.127. The van der Waals surface area contributed by atoms with E-state index in [9.17, 15) is 4.79 Å². The Labute approximate surface area is 177 Å². The summed E-state index contributed by atoms with van der Waals surface area (Å²) in [5.41, 5.74) is 7.50. The van der Waals surface area contributed by atoms with Crippen LogP contribution < -0.4 is 21.5 Å². The summed E-state index contributed by atoms with van der Waals surface area (Å²) in [4.78, 5) is 15.4. The van der Waals surface area contributed by atoms with Crippen molar-refractivity contribution in [2.75, 3.05) is 39.8 Å². The summed E-state index contributed by atoms with van der Waals surface area (Å²) < 4.78 is 6.03. The second kappa shape index (κ2) is 9.71. The van der Waals surface area contributed by atoms with Crippen molar-refractivity contribution < 1.29 is 9.53 Å². The second-order valence-electron chi connectivity index (χ2n) is 7.74. The lowest BCUT2D eigenvalue weighted by Gasteiger charge is -2.36. The van der Waals surface area contributed by atoms with Crippen LogP contribution in [0.3, 0.4) is 0 Å². The van der Waals surface area contributed by atoms with Crippen LogP contribution in [0.5, 0.6) is 0 Å². The first kappa shape index (κ1) is 21.8. The number of fused-ring (bicyclic) bond motifs is 1. The highest BCUT2D eigenvalue weighted by Gasteiger charge is 2.42. The van der Waals surface area contributed by atoms with E-state index >= 15 is 0 Å². The van der Waals surface area contributed by atoms with Gasteiger partial charge in [0.2, 0.25) is 5.91 Å². The van der Waals surface area contributed by atoms with E-state index in [0.29, 0.717) is 17.7 Å². The number of hydrogen-bond donors (Lipinski definition) is 4. The third-order valence-corrected chi connectivity index (χ3v) is 6.11. The van der Waals surface area contributed by atoms with Gasteiger partial charge >= 0.3 is 0 Å². The molecule has 3 aliphatic rings. The third-order valence-electron chi connectivity index (χ3n) is 5.86. The van der Waals surface area contributed by atoms with Crippen LogP contribution in [0.25, 0.3) is 0 Å². The first-order valence-corrected chi connectivity index (χ1v) is 10.1. The van der Waals surface area contributed by atoms with Gasteiger partial charge < -0.3 is 20.3 Å². The van der Waals surface area contributed by atoms with Gasteiger partial charge in [-0.25, -0.2) is 5.43 Å². The maximum absolute atomic E-state index is 13.1. The van der Waals surface area contributed by atoms with Gasteiger partial charge in [-0.1, -0.05) is 23.7 Å². The highest BCUT2D eigenvalue weighted by molar-refractivity contribution is 6.30. The molecule has 7 nitrogen and oxygen atoms in total. The molecule has 0 bridgehead atoms. The number of ether oxygens (including phenoxy) is 1. The normalized spacial score (nSPS) is 31.5. The Hall–Kier alpha value is -0.930. The Morgan fingerprint density at radius 3 is 2.86 bits per heavy atom. The Morgan fingerprint density at radius 1 is 1.32 bits per heavy atom. The Bertz CT molecular complexity index is 662. The monoisotopic (exact) mass is 429 g/mol. The number of halogens is 2. The van der Waals surface area contributed by atoms with Crippen molar-refractivity contribution in [1.29, 1.82) is 0 Å². The predicted molar refractivity (Wildman–Crippen MR) is 112 cm³/mol. The number of hydrogen-bond acceptors (Lipinski definition) is 6. The molecule has 3 aliphatic heterocycles. The first-order chi connectivity index (χ1) is 13.1. The average molecular weight is 430 g/mol. The molecule has 1 aromatic rings. The van der Waals surface area contributed by atoms with Crippen molar-refractivity contribution in [2.24, 2.45) is 5.92 Å². The number of piperidine rings is 1. The molecule has 3 saturated heterocycles. The van der Waals surface area contributed by atoms with Crippen LogP contribution in [0.2, 0.25) is 5.02 Å². The number of nitrogens with zero attached hydrogens (tertiary/aromatic N) is 1. The van der Waals surface area contributed by atoms with E-state index in [0.717, 1.165) is 38.2 Å². The molecule has 1 amide bonds. The van der Waals surface area contributed by atoms with Crippen LogP contribution in [0.1, 0.15) is 18.0 Å². The molecule has 9 heteroatoms. The molecule has 0 aromatic heterocycles. The Kier molecular flexibility index (Phi) is 7.55. The molecule has 156 valence electrons. The molecule has 28 heavy (non-hydrogen) atoms. The van der Waals surface area contributed by atoms with E-state index in [1.54, 1.807) is 0 Å². The fraction of sp³-hybridized carbons (Fsp3) is 0.632. The number of amides is 1. The van der Waals surface area contributed by atoms with Gasteiger partial charge in [0.1, 0.15) is 6.04 Å². The number of rotatable bonds is 4. The van der Waals surface area contributed by atoms with Crippen molar-refractivity contribution in [3.63, 3.8) is 0 Å². The van der Waals surface area contributed by atoms with Gasteiger partial charge in [-0.2, -0.15) is 0 Å². The summed E-state index contributed by atoms with van der Waals surface area (Å²) >= 11 is 6.06. The average Bonchev–Trinajstić information content (AvgIpc) is 3.11. The predicted octanol–water partition coefficient (Wildman–Crippen LogP) is 0.704. The van der Waals surface area contributed by atoms with Crippen LogP contribution in [-0.2, 0) is 9.53 Å². The maximum atomic E-state index is 13.1. The molecule has 0 spiro atoms. The smallest absolute Gasteiger partial charge is 0.239 e. The SMILES string of the molecule is CN1CCOC(C(NC(=O)C2NNC3CCNCC32)c2ccc(Cl)cc2)C1.Cl. The van der Waals surface area contributed by atoms with Crippen molar-refractivity contribution in [3.05, 3.63) is 34.9 Å². The van der Waals surface area contributed by atoms with E-state index in [4.69, 9.17) is 16.3 Å². The topological polar surface area (TPSA) is 77.7 Å². The second-order valence-corrected chi connectivity index (χ2v) is 8.18. The highest BCUT2D eigenvalue weighted by atomic mass is 35.5. The standard InChI is InChI=1S/C19H28ClN5O2.ClH/c1-25-8-9-27-16(11-25)17(12-2-4-13(20)5-3-12)22-19(26)18-14-10-21-7-6-15(14)23-24-18;/h2-5,14-18,21,23-24H,6-11H2,1H3,(H,22,26);1H. The molecule has 1 aromatic carbocycles. The minimum Gasteiger partial charge on any atom is -0.373 e. The molecule has 0 aliphatic carbocycles. The van der Waals surface area contributed by atoms with Crippen molar-refractivity contribution in [2.45, 2.75) is 30.7 Å². The van der Waals surface area contributed by atoms with Crippen LogP contribution in [0.15, 0.2) is 24.3 Å². The minimum absolute atomic E-state index is 0. The lowest BCUT2D eigenvalue weighted by atomic mass is 9.88. The Morgan fingerprint density at radius 2 is 2.11 bits per heavy atom. The number of carbonyl (C=O) groups is 1. The quantitative estimate of drug-likeness (QED) is 0.564.